The fraction of sp³-hybridized carbons (Fsp3) is 0.259. The predicted molar refractivity (Wildman–Crippen MR) is 539 cm³/mol. The Morgan fingerprint density at radius 1 is 0.248 bits per heavy atom. The van der Waals surface area contributed by atoms with E-state index in [2.05, 4.69) is 123 Å². The number of aromatic nitrogens is 10. The van der Waals surface area contributed by atoms with E-state index in [1.807, 2.05) is 234 Å². The van der Waals surface area contributed by atoms with Crippen LogP contribution in [-0.4, -0.2) is 112 Å². The van der Waals surface area contributed by atoms with Gasteiger partial charge in [-0.05, 0) is 274 Å². The molecule has 133 heavy (non-hydrogen) atoms. The summed E-state index contributed by atoms with van der Waals surface area (Å²) < 4.78 is 138. The molecule has 0 N–H and O–H groups in total. The number of hydrogen-bond donors (Lipinski definition) is 0. The Kier molecular flexibility index (Phi) is 17.6. The number of aryl methyl sites for hydroxylation is 5. The van der Waals surface area contributed by atoms with Crippen molar-refractivity contribution in [2.24, 2.45) is 0 Å². The lowest BCUT2D eigenvalue weighted by Crippen LogP contribution is -2.42. The zero-order valence-electron chi connectivity index (χ0n) is 89.5. The van der Waals surface area contributed by atoms with E-state index in [-0.39, 0.29) is 12.3 Å². The Morgan fingerprint density at radius 3 is 0.782 bits per heavy atom. The van der Waals surface area contributed by atoms with Gasteiger partial charge in [-0.15, -0.1) is 0 Å². The molecule has 5 aliphatic rings. The van der Waals surface area contributed by atoms with E-state index in [0.717, 1.165) is 156 Å². The van der Waals surface area contributed by atoms with Gasteiger partial charge in [-0.25, -0.2) is 49.8 Å². The van der Waals surface area contributed by atoms with Gasteiger partial charge in [-0.3, -0.25) is 0 Å². The van der Waals surface area contributed by atoms with E-state index in [4.69, 9.17) is 39.9 Å². The molecule has 0 saturated heterocycles. The second-order valence-corrected chi connectivity index (χ2v) is 34.5. The van der Waals surface area contributed by atoms with Gasteiger partial charge in [0.2, 0.25) is 28.6 Å². The molecule has 25 heteroatoms. The van der Waals surface area contributed by atoms with Crippen LogP contribution in [0.4, 0.5) is 86.0 Å². The Balaban J connectivity index is 0.000000107. The van der Waals surface area contributed by atoms with E-state index < -0.39 is 63.2 Å². The maximum atomic E-state index is 8.77. The van der Waals surface area contributed by atoms with Gasteiger partial charge in [0.25, 0.3) is 0 Å². The van der Waals surface area contributed by atoms with Crippen molar-refractivity contribution in [3.63, 3.8) is 0 Å². The van der Waals surface area contributed by atoms with Crippen LogP contribution in [0.1, 0.15) is 136 Å². The molecule has 5 aromatic carbocycles. The molecule has 0 saturated carbocycles. The first kappa shape index (κ1) is 70.5. The topological polar surface area (TPSA) is 227 Å². The van der Waals surface area contributed by atoms with E-state index >= 15 is 0 Å². The van der Waals surface area contributed by atoms with Crippen molar-refractivity contribution < 1.29 is 39.9 Å². The molecule has 0 aliphatic carbocycles. The second kappa shape index (κ2) is 33.2. The predicted octanol–water partition coefficient (Wildman–Crippen LogP) is 26.2. The van der Waals surface area contributed by atoms with Gasteiger partial charge in [0, 0.05) is 159 Å². The van der Waals surface area contributed by atoms with E-state index in [9.17, 15) is 0 Å². The summed E-state index contributed by atoms with van der Waals surface area (Å²) in [7, 11) is 0. The molecule has 20 heterocycles. The molecule has 20 aromatic rings. The highest BCUT2D eigenvalue weighted by atomic mass is 16.4. The van der Waals surface area contributed by atoms with Crippen molar-refractivity contribution in [3.05, 3.63) is 272 Å². The maximum Gasteiger partial charge on any atom is 0.227 e. The number of rotatable bonds is 9. The van der Waals surface area contributed by atoms with E-state index in [1.165, 1.54) is 18.7 Å². The third-order valence-corrected chi connectivity index (χ3v) is 25.9. The summed E-state index contributed by atoms with van der Waals surface area (Å²) in [5.41, 5.74) is 20.2. The van der Waals surface area contributed by atoms with Gasteiger partial charge in [-0.1, -0.05) is 60.7 Å². The molecule has 0 bridgehead atoms. The number of benzene rings is 5. The van der Waals surface area contributed by atoms with Crippen LogP contribution >= 0.6 is 0 Å². The fourth-order valence-electron chi connectivity index (χ4n) is 20.2. The minimum atomic E-state index is -2.53. The summed E-state index contributed by atoms with van der Waals surface area (Å²) in [6.07, 6.45) is 15.5. The van der Waals surface area contributed by atoms with Crippen LogP contribution in [0.2, 0.25) is 0 Å². The van der Waals surface area contributed by atoms with Gasteiger partial charge in [0.15, 0.2) is 57.0 Å². The Hall–Kier alpha value is -15.4. The third-order valence-electron chi connectivity index (χ3n) is 25.9. The van der Waals surface area contributed by atoms with Crippen LogP contribution < -0.4 is 49.0 Å². The van der Waals surface area contributed by atoms with Crippen molar-refractivity contribution in [3.8, 4) is 0 Å². The monoisotopic (exact) mass is 1780 g/mol. The number of pyridine rings is 10. The number of furan rings is 5. The summed E-state index contributed by atoms with van der Waals surface area (Å²) in [6, 6.07) is 53.6. The van der Waals surface area contributed by atoms with Crippen LogP contribution in [0, 0.1) is 34.6 Å². The number of fused-ring (bicyclic) bond motifs is 20. The Bertz CT molecular complexity index is 7890. The molecule has 25 rings (SSSR count). The van der Waals surface area contributed by atoms with Crippen molar-refractivity contribution in [2.45, 2.75) is 179 Å². The summed E-state index contributed by atoms with van der Waals surface area (Å²) in [5.74, 6) is 3.18. The maximum absolute atomic E-state index is 8.77. The quantitative estimate of drug-likeness (QED) is 0.131. The second-order valence-electron chi connectivity index (χ2n) is 34.5. The average molecular weight is 1780 g/mol. The minimum absolute atomic E-state index is 0.0807. The Labute approximate surface area is 789 Å². The van der Waals surface area contributed by atoms with Gasteiger partial charge in [0.1, 0.15) is 30.8 Å². The van der Waals surface area contributed by atoms with E-state index in [0.29, 0.717) is 68.5 Å². The van der Waals surface area contributed by atoms with Gasteiger partial charge in [-0.2, -0.15) is 0 Å². The number of anilines is 15. The number of nitrogens with zero attached hydrogens (tertiary/aromatic N) is 20. The first-order valence-electron chi connectivity index (χ1n) is 50.9. The molecule has 7 unspecified atom stereocenters. The molecule has 0 spiro atoms. The van der Waals surface area contributed by atoms with E-state index in [1.54, 1.807) is 77.8 Å². The minimum Gasteiger partial charge on any atom is -0.435 e. The normalized spacial score (nSPS) is 19.5. The highest BCUT2D eigenvalue weighted by Gasteiger charge is 2.44. The molecular weight excluding hydrogens is 1660 g/mol. The fourth-order valence-corrected chi connectivity index (χ4v) is 20.2. The third kappa shape index (κ3) is 13.6. The smallest absolute Gasteiger partial charge is 0.227 e. The summed E-state index contributed by atoms with van der Waals surface area (Å²) >= 11 is 0. The van der Waals surface area contributed by atoms with Crippen LogP contribution in [0.5, 0.6) is 0 Å². The van der Waals surface area contributed by atoms with Crippen molar-refractivity contribution in [1.29, 1.82) is 0 Å². The molecule has 5 aliphatic heterocycles. The lowest BCUT2D eigenvalue weighted by atomic mass is 10.1. The lowest BCUT2D eigenvalue weighted by molar-refractivity contribution is 0.597. The van der Waals surface area contributed by atoms with Crippen LogP contribution in [0.15, 0.2) is 266 Å². The molecular formula is C108H106N20O5. The van der Waals surface area contributed by atoms with Crippen molar-refractivity contribution >= 4 is 196 Å². The largest absolute Gasteiger partial charge is 0.435 e. The summed E-state index contributed by atoms with van der Waals surface area (Å²) in [5, 5.41) is 9.68. The molecule has 0 radical (unpaired) electrons. The molecule has 25 nitrogen and oxygen atoms in total. The highest BCUT2D eigenvalue weighted by molar-refractivity contribution is 6.15. The zero-order valence-corrected chi connectivity index (χ0v) is 76.5. The van der Waals surface area contributed by atoms with Crippen LogP contribution in [0.25, 0.3) is 110 Å². The first-order chi connectivity index (χ1) is 69.4. The Morgan fingerprint density at radius 2 is 0.481 bits per heavy atom. The summed E-state index contributed by atoms with van der Waals surface area (Å²) in [6.45, 7) is 23.1. The van der Waals surface area contributed by atoms with Crippen molar-refractivity contribution in [1.82, 2.24) is 49.8 Å². The molecule has 0 amide bonds. The highest BCUT2D eigenvalue weighted by Crippen LogP contribution is 2.55. The van der Waals surface area contributed by atoms with Gasteiger partial charge >= 0.3 is 0 Å². The molecule has 7 atom stereocenters. The molecule has 0 fully saturated rings. The standard InChI is InChI=1S/4C22H22N4O.C20H18N4O/c2*1-13(2)25-15(4)26(18-8-6-11-23-21(18)25)19-14(3)9-10-16-17-7-5-12-24-22(17)27-20(16)19;2*1-13(2)25-15(4)26(21-18(25)8-6-11-23-21)19-14(3)9-10-16-17-7-5-12-24-22(17)27-20(16)19;1-12-8-9-14-15-6-4-11-22-20(15)25-18(14)17(12)24-13(2)23(3)19-16(24)7-5-10-21-19/h4*5-13,15H,1-4H3;4-11,13H,1-3H3/i1D3,13D;13D;1D3,13D;13D;3D3. The van der Waals surface area contributed by atoms with Crippen LogP contribution in [0.3, 0.4) is 0 Å². The van der Waals surface area contributed by atoms with Gasteiger partial charge in [0.05, 0.1) is 62.4 Å². The zero-order chi connectivity index (χ0) is 103. The lowest BCUT2D eigenvalue weighted by Gasteiger charge is -2.33. The average Bonchev–Trinajstić information content (AvgIpc) is 1.59. The first-order valence-corrected chi connectivity index (χ1v) is 44.4. The SMILES string of the molecule is [2H]C(C)(C)N1c2cccnc2N(c2c(C)ccc3c2oc2ncccc23)C1C.[2H]C(C)(C)N1c2ncccc2N(c2c(C)ccc3c2oc2ncccc23)C1C.[2H]C([2H])([2H])C([2H])(C)N1c2cccnc2N(c2c(C)ccc3c2oc2ncccc23)C1C.[2H]C([2H])([2H])C([2H])(C)N1c2ncccc2N(c2c(C)ccc3c2oc2ncccc23)C1C.[2H]C([2H])([2H])N1c2ncccc2N(c2c(C)ccc3c2oc2ncccc23)C1C. The molecule has 668 valence electrons. The summed E-state index contributed by atoms with van der Waals surface area (Å²) in [4.78, 5) is 63.6. The van der Waals surface area contributed by atoms with Gasteiger partial charge < -0.3 is 71.1 Å². The van der Waals surface area contributed by atoms with Crippen LogP contribution in [-0.2, 0) is 0 Å². The number of hydrogen-bond acceptors (Lipinski definition) is 25. The molecule has 15 aromatic heterocycles. The van der Waals surface area contributed by atoms with Crippen molar-refractivity contribution in [2.75, 3.05) is 56.0 Å².